The van der Waals surface area contributed by atoms with Crippen LogP contribution < -0.4 is 4.74 Å². The third-order valence-corrected chi connectivity index (χ3v) is 5.71. The van der Waals surface area contributed by atoms with Crippen molar-refractivity contribution in [2.24, 2.45) is 0 Å². The molecular weight excluding hydrogens is 408 g/mol. The summed E-state index contributed by atoms with van der Waals surface area (Å²) < 4.78 is 10.8. The van der Waals surface area contributed by atoms with Crippen LogP contribution in [0, 0.1) is 6.92 Å². The molecule has 4 rings (SSSR count). The van der Waals surface area contributed by atoms with Crippen LogP contribution >= 0.6 is 0 Å². The van der Waals surface area contributed by atoms with E-state index in [1.54, 1.807) is 29.4 Å². The number of nitrogens with zero attached hydrogens (tertiary/aromatic N) is 4. The Balaban J connectivity index is 1.36. The number of hydrogen-bond donors (Lipinski definition) is 0. The number of Topliss-reactive ketones (excluding diaryl/α,β-unsaturated/α-hetero) is 1. The number of hydrogen-bond acceptors (Lipinski definition) is 7. The molecule has 0 N–H and O–H groups in total. The number of aryl methyl sites for hydroxylation is 1. The van der Waals surface area contributed by atoms with Gasteiger partial charge in [-0.2, -0.15) is 4.98 Å². The van der Waals surface area contributed by atoms with Crippen LogP contribution in [0.1, 0.15) is 53.4 Å². The van der Waals surface area contributed by atoms with Gasteiger partial charge in [0.25, 0.3) is 0 Å². The Hall–Kier alpha value is -3.55. The molecular formula is C24H26N4O4. The van der Waals surface area contributed by atoms with Crippen LogP contribution in [-0.4, -0.2) is 51.9 Å². The number of amides is 1. The van der Waals surface area contributed by atoms with E-state index in [9.17, 15) is 9.59 Å². The van der Waals surface area contributed by atoms with Crippen LogP contribution in [0.25, 0.3) is 11.4 Å². The fourth-order valence-electron chi connectivity index (χ4n) is 3.97. The van der Waals surface area contributed by atoms with Gasteiger partial charge in [0.05, 0.1) is 18.6 Å². The van der Waals surface area contributed by atoms with Gasteiger partial charge in [-0.1, -0.05) is 16.8 Å². The SMILES string of the molecule is COc1ccc(C)cc1C(=O)CCC(=O)N1CCC[C@H](c2nc(-c3cccnc3)no2)C1. The molecule has 166 valence electrons. The molecule has 32 heavy (non-hydrogen) atoms. The van der Waals surface area contributed by atoms with E-state index in [0.29, 0.717) is 36.1 Å². The normalized spacial score (nSPS) is 16.1. The fraction of sp³-hybridized carbons (Fsp3) is 0.375. The maximum atomic E-state index is 12.8. The van der Waals surface area contributed by atoms with E-state index >= 15 is 0 Å². The van der Waals surface area contributed by atoms with Gasteiger partial charge < -0.3 is 14.2 Å². The van der Waals surface area contributed by atoms with Crippen molar-refractivity contribution in [3.63, 3.8) is 0 Å². The van der Waals surface area contributed by atoms with Crippen LogP contribution in [0.4, 0.5) is 0 Å². The zero-order valence-corrected chi connectivity index (χ0v) is 18.3. The molecule has 2 aromatic heterocycles. The molecule has 1 fully saturated rings. The molecule has 3 aromatic rings. The van der Waals surface area contributed by atoms with E-state index < -0.39 is 0 Å². The van der Waals surface area contributed by atoms with E-state index in [-0.39, 0.29) is 30.4 Å². The molecule has 0 saturated carbocycles. The van der Waals surface area contributed by atoms with Crippen molar-refractivity contribution >= 4 is 11.7 Å². The molecule has 1 amide bonds. The Morgan fingerprint density at radius 2 is 2.12 bits per heavy atom. The Morgan fingerprint density at radius 3 is 2.91 bits per heavy atom. The highest BCUT2D eigenvalue weighted by atomic mass is 16.5. The van der Waals surface area contributed by atoms with Gasteiger partial charge >= 0.3 is 0 Å². The van der Waals surface area contributed by atoms with Gasteiger partial charge in [-0.25, -0.2) is 0 Å². The van der Waals surface area contributed by atoms with Crippen molar-refractivity contribution < 1.29 is 18.8 Å². The first-order valence-corrected chi connectivity index (χ1v) is 10.7. The van der Waals surface area contributed by atoms with Crippen LogP contribution in [0.5, 0.6) is 5.75 Å². The summed E-state index contributed by atoms with van der Waals surface area (Å²) in [6.07, 6.45) is 5.40. The van der Waals surface area contributed by atoms with Gasteiger partial charge in [-0.15, -0.1) is 0 Å². The van der Waals surface area contributed by atoms with Gasteiger partial charge in [0, 0.05) is 43.9 Å². The van der Waals surface area contributed by atoms with E-state index in [4.69, 9.17) is 9.26 Å². The summed E-state index contributed by atoms with van der Waals surface area (Å²) in [4.78, 5) is 35.9. The lowest BCUT2D eigenvalue weighted by Crippen LogP contribution is -2.39. The summed E-state index contributed by atoms with van der Waals surface area (Å²) in [5, 5.41) is 4.06. The predicted octanol–water partition coefficient (Wildman–Crippen LogP) is 3.82. The molecule has 3 heterocycles. The molecule has 1 saturated heterocycles. The molecule has 1 aromatic carbocycles. The number of rotatable bonds is 7. The Kier molecular flexibility index (Phi) is 6.58. The zero-order valence-electron chi connectivity index (χ0n) is 18.3. The minimum absolute atomic E-state index is 0.0156. The number of likely N-dealkylation sites (tertiary alicyclic amines) is 1. The minimum atomic E-state index is -0.0922. The average Bonchev–Trinajstić information content (AvgIpc) is 3.33. The highest BCUT2D eigenvalue weighted by molar-refractivity contribution is 6.00. The molecule has 1 aliphatic rings. The quantitative estimate of drug-likeness (QED) is 0.521. The topological polar surface area (TPSA) is 98.4 Å². The molecule has 8 nitrogen and oxygen atoms in total. The predicted molar refractivity (Wildman–Crippen MR) is 117 cm³/mol. The number of carbonyl (C=O) groups excluding carboxylic acids is 2. The summed E-state index contributed by atoms with van der Waals surface area (Å²) in [5.74, 6) is 1.41. The van der Waals surface area contributed by atoms with E-state index in [1.165, 1.54) is 7.11 Å². The molecule has 0 aliphatic carbocycles. The average molecular weight is 434 g/mol. The molecule has 0 spiro atoms. The van der Waals surface area contributed by atoms with Crippen LogP contribution in [0.15, 0.2) is 47.2 Å². The summed E-state index contributed by atoms with van der Waals surface area (Å²) in [7, 11) is 1.54. The lowest BCUT2D eigenvalue weighted by molar-refractivity contribution is -0.132. The number of methoxy groups -OCH3 is 1. The maximum Gasteiger partial charge on any atom is 0.231 e. The summed E-state index contributed by atoms with van der Waals surface area (Å²) in [6.45, 7) is 3.10. The Morgan fingerprint density at radius 1 is 1.25 bits per heavy atom. The van der Waals surface area contributed by atoms with Gasteiger partial charge in [-0.05, 0) is 44.0 Å². The van der Waals surface area contributed by atoms with E-state index in [1.807, 2.05) is 25.1 Å². The third kappa shape index (κ3) is 4.85. The van der Waals surface area contributed by atoms with Crippen molar-refractivity contribution in [2.45, 2.75) is 38.5 Å². The monoisotopic (exact) mass is 434 g/mol. The first-order valence-electron chi connectivity index (χ1n) is 10.7. The number of carbonyl (C=O) groups is 2. The molecule has 0 unspecified atom stereocenters. The molecule has 1 aliphatic heterocycles. The van der Waals surface area contributed by atoms with Crippen molar-refractivity contribution in [1.82, 2.24) is 20.0 Å². The molecule has 0 bridgehead atoms. The second-order valence-corrected chi connectivity index (χ2v) is 8.00. The van der Waals surface area contributed by atoms with Gasteiger partial charge in [0.2, 0.25) is 17.6 Å². The minimum Gasteiger partial charge on any atom is -0.496 e. The molecule has 8 heteroatoms. The lowest BCUT2D eigenvalue weighted by atomic mass is 9.97. The summed E-state index contributed by atoms with van der Waals surface area (Å²) in [5.41, 5.74) is 2.28. The Labute approximate surface area is 186 Å². The maximum absolute atomic E-state index is 12.8. The van der Waals surface area contributed by atoms with Gasteiger partial charge in [-0.3, -0.25) is 14.6 Å². The number of ether oxygens (including phenoxy) is 1. The number of ketones is 1. The van der Waals surface area contributed by atoms with Crippen LogP contribution in [-0.2, 0) is 4.79 Å². The van der Waals surface area contributed by atoms with Crippen molar-refractivity contribution in [3.05, 3.63) is 59.7 Å². The summed E-state index contributed by atoms with van der Waals surface area (Å²) in [6, 6.07) is 9.17. The summed E-state index contributed by atoms with van der Waals surface area (Å²) >= 11 is 0. The fourth-order valence-corrected chi connectivity index (χ4v) is 3.97. The van der Waals surface area contributed by atoms with E-state index in [2.05, 4.69) is 15.1 Å². The van der Waals surface area contributed by atoms with Crippen molar-refractivity contribution in [1.29, 1.82) is 0 Å². The first kappa shape index (κ1) is 21.7. The highest BCUT2D eigenvalue weighted by Gasteiger charge is 2.29. The zero-order chi connectivity index (χ0) is 22.5. The largest absolute Gasteiger partial charge is 0.496 e. The van der Waals surface area contributed by atoms with Crippen molar-refractivity contribution in [2.75, 3.05) is 20.2 Å². The van der Waals surface area contributed by atoms with Crippen molar-refractivity contribution in [3.8, 4) is 17.1 Å². The van der Waals surface area contributed by atoms with Crippen LogP contribution in [0.2, 0.25) is 0 Å². The second-order valence-electron chi connectivity index (χ2n) is 8.00. The lowest BCUT2D eigenvalue weighted by Gasteiger charge is -2.31. The van der Waals surface area contributed by atoms with Gasteiger partial charge in [0.1, 0.15) is 5.75 Å². The Bertz CT molecular complexity index is 1100. The third-order valence-electron chi connectivity index (χ3n) is 5.71. The second kappa shape index (κ2) is 9.72. The standard InChI is InChI=1S/C24H26N4O4/c1-16-7-9-21(31-2)19(13-16)20(29)8-10-22(30)28-12-4-6-18(15-28)24-26-23(27-32-24)17-5-3-11-25-14-17/h3,5,7,9,11,13-14,18H,4,6,8,10,12,15H2,1-2H3/t18-/m0/s1. The number of aromatic nitrogens is 3. The number of benzene rings is 1. The number of piperidine rings is 1. The highest BCUT2D eigenvalue weighted by Crippen LogP contribution is 2.28. The smallest absolute Gasteiger partial charge is 0.231 e. The molecule has 0 radical (unpaired) electrons. The first-order chi connectivity index (χ1) is 15.5. The molecule has 1 atom stereocenters. The van der Waals surface area contributed by atoms with Gasteiger partial charge in [0.15, 0.2) is 5.78 Å². The van der Waals surface area contributed by atoms with E-state index in [0.717, 1.165) is 24.0 Å². The number of pyridine rings is 1. The van der Waals surface area contributed by atoms with Crippen LogP contribution in [0.3, 0.4) is 0 Å².